The molecule has 1 aromatic carbocycles. The van der Waals surface area contributed by atoms with E-state index in [2.05, 4.69) is 4.74 Å². The Balaban J connectivity index is 2.82. The number of hydrogen-bond acceptors (Lipinski definition) is 4. The third-order valence-corrected chi connectivity index (χ3v) is 3.12. The van der Waals surface area contributed by atoms with Crippen molar-refractivity contribution in [2.24, 2.45) is 0 Å². The minimum atomic E-state index is -0.432. The van der Waals surface area contributed by atoms with Crippen molar-refractivity contribution in [1.29, 1.82) is 0 Å². The number of carbonyl (C=O) groups is 2. The lowest BCUT2D eigenvalue weighted by Crippen LogP contribution is -2.06. The van der Waals surface area contributed by atoms with Crippen LogP contribution in [0.3, 0.4) is 0 Å². The Morgan fingerprint density at radius 1 is 1.15 bits per heavy atom. The number of rotatable bonds is 7. The van der Waals surface area contributed by atoms with Crippen molar-refractivity contribution in [3.05, 3.63) is 27.7 Å². The van der Waals surface area contributed by atoms with Crippen LogP contribution in [-0.4, -0.2) is 25.5 Å². The fourth-order valence-electron chi connectivity index (χ4n) is 1.52. The van der Waals surface area contributed by atoms with Crippen molar-refractivity contribution in [2.75, 3.05) is 13.7 Å². The molecule has 0 aliphatic carbocycles. The Morgan fingerprint density at radius 3 is 2.25 bits per heavy atom. The summed E-state index contributed by atoms with van der Waals surface area (Å²) in [6.45, 7) is 2.46. The van der Waals surface area contributed by atoms with Gasteiger partial charge >= 0.3 is 5.97 Å². The summed E-state index contributed by atoms with van der Waals surface area (Å²) in [5, 5.41) is 0.569. The summed E-state index contributed by atoms with van der Waals surface area (Å²) < 4.78 is 9.90. The molecule has 110 valence electrons. The zero-order chi connectivity index (χ0) is 15.1. The average molecular weight is 319 g/mol. The van der Waals surface area contributed by atoms with Gasteiger partial charge in [-0.25, -0.2) is 0 Å². The predicted molar refractivity (Wildman–Crippen MR) is 77.8 cm³/mol. The first kappa shape index (κ1) is 16.8. The number of ketones is 1. The average Bonchev–Trinajstić information content (AvgIpc) is 2.43. The maximum atomic E-state index is 11.9. The van der Waals surface area contributed by atoms with Gasteiger partial charge in [-0.1, -0.05) is 30.1 Å². The number of ether oxygens (including phenoxy) is 2. The van der Waals surface area contributed by atoms with E-state index in [4.69, 9.17) is 27.9 Å². The first-order chi connectivity index (χ1) is 9.49. The quantitative estimate of drug-likeness (QED) is 0.565. The van der Waals surface area contributed by atoms with Gasteiger partial charge in [-0.3, -0.25) is 9.59 Å². The molecule has 0 saturated carbocycles. The van der Waals surface area contributed by atoms with Gasteiger partial charge < -0.3 is 9.47 Å². The van der Waals surface area contributed by atoms with Crippen LogP contribution >= 0.6 is 23.2 Å². The molecule has 4 nitrogen and oxygen atoms in total. The molecule has 1 rings (SSSR count). The lowest BCUT2D eigenvalue weighted by atomic mass is 10.1. The van der Waals surface area contributed by atoms with E-state index in [1.54, 1.807) is 0 Å². The van der Waals surface area contributed by atoms with Crippen molar-refractivity contribution >= 4 is 35.0 Å². The molecule has 0 fully saturated rings. The van der Waals surface area contributed by atoms with E-state index in [0.29, 0.717) is 17.9 Å². The van der Waals surface area contributed by atoms with Gasteiger partial charge in [-0.15, -0.1) is 0 Å². The zero-order valence-corrected chi connectivity index (χ0v) is 12.9. The van der Waals surface area contributed by atoms with Gasteiger partial charge in [0, 0.05) is 12.0 Å². The Bertz CT molecular complexity index is 477. The summed E-state index contributed by atoms with van der Waals surface area (Å²) in [6.07, 6.45) is 0.902. The highest BCUT2D eigenvalue weighted by Gasteiger charge is 2.15. The van der Waals surface area contributed by atoms with Gasteiger partial charge in [-0.05, 0) is 18.6 Å². The SMILES string of the molecule is CCCOc1c(Cl)cc(C(=O)CCC(=O)OC)cc1Cl. The molecule has 0 aliphatic rings. The lowest BCUT2D eigenvalue weighted by molar-refractivity contribution is -0.140. The Morgan fingerprint density at radius 2 is 1.75 bits per heavy atom. The van der Waals surface area contributed by atoms with Crippen LogP contribution in [0.4, 0.5) is 0 Å². The highest BCUT2D eigenvalue weighted by molar-refractivity contribution is 6.37. The highest BCUT2D eigenvalue weighted by atomic mass is 35.5. The van der Waals surface area contributed by atoms with E-state index < -0.39 is 5.97 Å². The smallest absolute Gasteiger partial charge is 0.305 e. The van der Waals surface area contributed by atoms with Crippen LogP contribution in [0.15, 0.2) is 12.1 Å². The van der Waals surface area contributed by atoms with E-state index >= 15 is 0 Å². The number of Topliss-reactive ketones (excluding diaryl/α,β-unsaturated/α-hetero) is 1. The van der Waals surface area contributed by atoms with E-state index in [9.17, 15) is 9.59 Å². The molecular weight excluding hydrogens is 303 g/mol. The summed E-state index contributed by atoms with van der Waals surface area (Å²) >= 11 is 12.1. The van der Waals surface area contributed by atoms with Crippen LogP contribution in [0.1, 0.15) is 36.5 Å². The molecule has 6 heteroatoms. The van der Waals surface area contributed by atoms with Crippen LogP contribution in [-0.2, 0) is 9.53 Å². The summed E-state index contributed by atoms with van der Waals surface area (Å²) in [6, 6.07) is 3.00. The molecule has 0 aliphatic heterocycles. The third kappa shape index (κ3) is 4.69. The lowest BCUT2D eigenvalue weighted by Gasteiger charge is -2.10. The van der Waals surface area contributed by atoms with Crippen molar-refractivity contribution in [3.63, 3.8) is 0 Å². The highest BCUT2D eigenvalue weighted by Crippen LogP contribution is 2.34. The van der Waals surface area contributed by atoms with Gasteiger partial charge in [0.2, 0.25) is 0 Å². The molecule has 0 atom stereocenters. The molecule has 0 amide bonds. The first-order valence-corrected chi connectivity index (χ1v) is 6.97. The number of carbonyl (C=O) groups excluding carboxylic acids is 2. The summed E-state index contributed by atoms with van der Waals surface area (Å²) in [5.74, 6) is -0.278. The molecule has 0 radical (unpaired) electrons. The first-order valence-electron chi connectivity index (χ1n) is 6.21. The van der Waals surface area contributed by atoms with Gasteiger partial charge in [0.15, 0.2) is 11.5 Å². The predicted octanol–water partition coefficient (Wildman–Crippen LogP) is 3.92. The fourth-order valence-corrected chi connectivity index (χ4v) is 2.12. The van der Waals surface area contributed by atoms with Crippen LogP contribution in [0, 0.1) is 0 Å². The fraction of sp³-hybridized carbons (Fsp3) is 0.429. The van der Waals surface area contributed by atoms with Gasteiger partial charge in [-0.2, -0.15) is 0 Å². The second kappa shape index (κ2) is 8.12. The number of benzene rings is 1. The van der Waals surface area contributed by atoms with Crippen molar-refractivity contribution < 1.29 is 19.1 Å². The summed E-state index contributed by atoms with van der Waals surface area (Å²) in [4.78, 5) is 22.9. The normalized spacial score (nSPS) is 10.2. The van der Waals surface area contributed by atoms with Crippen LogP contribution in [0.5, 0.6) is 5.75 Å². The molecule has 0 N–H and O–H groups in total. The molecular formula is C14H16Cl2O4. The zero-order valence-electron chi connectivity index (χ0n) is 11.4. The van der Waals surface area contributed by atoms with Crippen molar-refractivity contribution in [3.8, 4) is 5.75 Å². The number of esters is 1. The Labute approximate surface area is 128 Å². The molecule has 20 heavy (non-hydrogen) atoms. The second-order valence-electron chi connectivity index (χ2n) is 4.12. The number of halogens is 2. The van der Waals surface area contributed by atoms with Gasteiger partial charge in [0.1, 0.15) is 0 Å². The minimum Gasteiger partial charge on any atom is -0.490 e. The number of methoxy groups -OCH3 is 1. The minimum absolute atomic E-state index is 0.0264. The molecule has 1 aromatic rings. The van der Waals surface area contributed by atoms with Crippen molar-refractivity contribution in [2.45, 2.75) is 26.2 Å². The van der Waals surface area contributed by atoms with E-state index in [-0.39, 0.29) is 28.7 Å². The van der Waals surface area contributed by atoms with E-state index in [1.165, 1.54) is 19.2 Å². The van der Waals surface area contributed by atoms with E-state index in [1.807, 2.05) is 6.92 Å². The topological polar surface area (TPSA) is 52.6 Å². The largest absolute Gasteiger partial charge is 0.490 e. The molecule has 0 unspecified atom stereocenters. The van der Waals surface area contributed by atoms with Crippen LogP contribution in [0.2, 0.25) is 10.0 Å². The molecule has 0 heterocycles. The summed E-state index contributed by atoms with van der Waals surface area (Å²) in [7, 11) is 1.28. The maximum Gasteiger partial charge on any atom is 0.305 e. The molecule has 0 bridgehead atoms. The van der Waals surface area contributed by atoms with Gasteiger partial charge in [0.25, 0.3) is 0 Å². The van der Waals surface area contributed by atoms with Crippen molar-refractivity contribution in [1.82, 2.24) is 0 Å². The van der Waals surface area contributed by atoms with Crippen LogP contribution in [0.25, 0.3) is 0 Å². The second-order valence-corrected chi connectivity index (χ2v) is 4.93. The Kier molecular flexibility index (Phi) is 6.82. The molecule has 0 aromatic heterocycles. The number of hydrogen-bond donors (Lipinski definition) is 0. The molecule has 0 saturated heterocycles. The standard InChI is InChI=1S/C14H16Cl2O4/c1-3-6-20-14-10(15)7-9(8-11(14)16)12(17)4-5-13(18)19-2/h7-8H,3-6H2,1-2H3. The van der Waals surface area contributed by atoms with Crippen LogP contribution < -0.4 is 4.74 Å². The van der Waals surface area contributed by atoms with E-state index in [0.717, 1.165) is 6.42 Å². The monoisotopic (exact) mass is 318 g/mol. The Hall–Kier alpha value is -1.26. The summed E-state index contributed by atoms with van der Waals surface area (Å²) in [5.41, 5.74) is 0.354. The maximum absolute atomic E-state index is 11.9. The van der Waals surface area contributed by atoms with Gasteiger partial charge in [0.05, 0.1) is 30.2 Å². The molecule has 0 spiro atoms. The third-order valence-electron chi connectivity index (χ3n) is 2.55.